The molecule has 2 aromatic rings. The van der Waals surface area contributed by atoms with Crippen LogP contribution >= 0.6 is 11.6 Å². The van der Waals surface area contributed by atoms with Gasteiger partial charge < -0.3 is 15.8 Å². The Kier molecular flexibility index (Phi) is 6.65. The smallest absolute Gasteiger partial charge is 0.257 e. The minimum absolute atomic E-state index is 0.0557. The molecule has 0 atom stereocenters. The van der Waals surface area contributed by atoms with E-state index in [1.54, 1.807) is 13.8 Å². The first-order chi connectivity index (χ1) is 13.0. The fraction of sp³-hybridized carbons (Fsp3) is 0.222. The summed E-state index contributed by atoms with van der Waals surface area (Å²) < 4.78 is 32.3. The number of methoxy groups -OCH3 is 1. The van der Waals surface area contributed by atoms with Crippen LogP contribution in [0.2, 0.25) is 5.02 Å². The van der Waals surface area contributed by atoms with Crippen molar-refractivity contribution >= 4 is 39.1 Å². The third-order valence-electron chi connectivity index (χ3n) is 3.62. The van der Waals surface area contributed by atoms with Crippen LogP contribution in [0.1, 0.15) is 34.6 Å². The van der Waals surface area contributed by atoms with Crippen LogP contribution in [0.3, 0.4) is 0 Å². The Morgan fingerprint density at radius 3 is 2.39 bits per heavy atom. The molecular formula is C18H20ClN3O5S. The maximum Gasteiger partial charge on any atom is 0.257 e. The molecule has 0 heterocycles. The third-order valence-corrected chi connectivity index (χ3v) is 5.60. The summed E-state index contributed by atoms with van der Waals surface area (Å²) in [6.07, 6.45) is 0. The van der Waals surface area contributed by atoms with Gasteiger partial charge in [-0.05, 0) is 50.2 Å². The van der Waals surface area contributed by atoms with Gasteiger partial charge >= 0.3 is 0 Å². The number of halogens is 1. The van der Waals surface area contributed by atoms with E-state index in [2.05, 4.69) is 10.0 Å². The summed E-state index contributed by atoms with van der Waals surface area (Å²) in [5.74, 6) is -1.06. The van der Waals surface area contributed by atoms with Crippen LogP contribution in [0.5, 0.6) is 5.75 Å². The summed E-state index contributed by atoms with van der Waals surface area (Å²) in [6.45, 7) is 3.36. The number of nitrogens with one attached hydrogen (secondary N) is 2. The van der Waals surface area contributed by atoms with Crippen molar-refractivity contribution in [2.45, 2.75) is 24.8 Å². The quantitative estimate of drug-likeness (QED) is 0.627. The Labute approximate surface area is 168 Å². The average molecular weight is 426 g/mol. The monoisotopic (exact) mass is 425 g/mol. The Balaban J connectivity index is 2.41. The fourth-order valence-electron chi connectivity index (χ4n) is 2.37. The van der Waals surface area contributed by atoms with Gasteiger partial charge in [-0.1, -0.05) is 11.6 Å². The van der Waals surface area contributed by atoms with E-state index in [-0.39, 0.29) is 32.8 Å². The van der Waals surface area contributed by atoms with E-state index in [0.29, 0.717) is 5.75 Å². The van der Waals surface area contributed by atoms with Crippen molar-refractivity contribution in [2.75, 3.05) is 12.4 Å². The van der Waals surface area contributed by atoms with E-state index in [1.807, 2.05) is 0 Å². The van der Waals surface area contributed by atoms with Gasteiger partial charge in [-0.15, -0.1) is 0 Å². The second-order valence-electron chi connectivity index (χ2n) is 6.15. The van der Waals surface area contributed by atoms with Crippen LogP contribution in [-0.4, -0.2) is 33.4 Å². The van der Waals surface area contributed by atoms with Gasteiger partial charge in [0.1, 0.15) is 5.75 Å². The lowest BCUT2D eigenvalue weighted by Crippen LogP contribution is -2.30. The first kappa shape index (κ1) is 21.7. The van der Waals surface area contributed by atoms with Gasteiger partial charge in [0.25, 0.3) is 5.91 Å². The number of sulfonamides is 1. The van der Waals surface area contributed by atoms with Crippen LogP contribution in [-0.2, 0) is 10.0 Å². The molecule has 2 aromatic carbocycles. The Bertz CT molecular complexity index is 1020. The minimum atomic E-state index is -3.81. The highest BCUT2D eigenvalue weighted by Gasteiger charge is 2.20. The largest absolute Gasteiger partial charge is 0.495 e. The van der Waals surface area contributed by atoms with E-state index in [0.717, 1.165) is 0 Å². The number of rotatable bonds is 7. The molecule has 2 amide bonds. The fourth-order valence-corrected chi connectivity index (χ4v) is 3.85. The van der Waals surface area contributed by atoms with E-state index in [9.17, 15) is 18.0 Å². The van der Waals surface area contributed by atoms with Crippen molar-refractivity contribution in [3.05, 3.63) is 52.5 Å². The molecule has 0 spiro atoms. The maximum absolute atomic E-state index is 12.7. The molecule has 8 nitrogen and oxygen atoms in total. The molecule has 0 aliphatic carbocycles. The van der Waals surface area contributed by atoms with Gasteiger partial charge in [-0.25, -0.2) is 13.1 Å². The first-order valence-electron chi connectivity index (χ1n) is 8.16. The molecular weight excluding hydrogens is 406 g/mol. The number of hydrogen-bond acceptors (Lipinski definition) is 5. The average Bonchev–Trinajstić information content (AvgIpc) is 2.60. The lowest BCUT2D eigenvalue weighted by Gasteiger charge is -2.14. The predicted octanol–water partition coefficient (Wildman–Crippen LogP) is 2.39. The van der Waals surface area contributed by atoms with Crippen LogP contribution < -0.4 is 20.5 Å². The molecule has 0 radical (unpaired) electrons. The summed E-state index contributed by atoms with van der Waals surface area (Å²) in [4.78, 5) is 24.0. The minimum Gasteiger partial charge on any atom is -0.495 e. The topological polar surface area (TPSA) is 128 Å². The highest BCUT2D eigenvalue weighted by molar-refractivity contribution is 7.89. The maximum atomic E-state index is 12.7. The molecule has 0 aliphatic rings. The van der Waals surface area contributed by atoms with Gasteiger partial charge in [0.15, 0.2) is 0 Å². The predicted molar refractivity (Wildman–Crippen MR) is 106 cm³/mol. The summed E-state index contributed by atoms with van der Waals surface area (Å²) in [5.41, 5.74) is 5.56. The number of ether oxygens (including phenoxy) is 1. The number of hydrogen-bond donors (Lipinski definition) is 3. The molecule has 4 N–H and O–H groups in total. The standard InChI is InChI=1S/C18H20ClN3O5S/c1-10(2)22-28(25,26)12-5-6-14(19)13(9-12)18(24)21-15-8-11(17(20)23)4-7-16(15)27-3/h4-10,22H,1-3H3,(H2,20,23)(H,21,24). The SMILES string of the molecule is COc1ccc(C(N)=O)cc1NC(=O)c1cc(S(=O)(=O)NC(C)C)ccc1Cl. The summed E-state index contributed by atoms with van der Waals surface area (Å²) in [6, 6.07) is 7.76. The molecule has 2 rings (SSSR count). The summed E-state index contributed by atoms with van der Waals surface area (Å²) in [5, 5.41) is 2.62. The molecule has 0 aromatic heterocycles. The number of nitrogens with two attached hydrogens (primary N) is 1. The number of amides is 2. The molecule has 0 saturated carbocycles. The molecule has 0 aliphatic heterocycles. The van der Waals surface area contributed by atoms with E-state index < -0.39 is 21.8 Å². The zero-order valence-corrected chi connectivity index (χ0v) is 17.0. The molecule has 10 heteroatoms. The highest BCUT2D eigenvalue weighted by atomic mass is 35.5. The highest BCUT2D eigenvalue weighted by Crippen LogP contribution is 2.28. The number of anilines is 1. The molecule has 0 saturated heterocycles. The summed E-state index contributed by atoms with van der Waals surface area (Å²) >= 11 is 6.09. The van der Waals surface area contributed by atoms with Crippen molar-refractivity contribution in [2.24, 2.45) is 5.73 Å². The van der Waals surface area contributed by atoms with E-state index in [1.165, 1.54) is 43.5 Å². The van der Waals surface area contributed by atoms with Crippen LogP contribution in [0.4, 0.5) is 5.69 Å². The summed E-state index contributed by atoms with van der Waals surface area (Å²) in [7, 11) is -2.41. The molecule has 0 unspecified atom stereocenters. The third kappa shape index (κ3) is 5.00. The Morgan fingerprint density at radius 1 is 1.14 bits per heavy atom. The number of carbonyl (C=O) groups is 2. The number of carbonyl (C=O) groups excluding carboxylic acids is 2. The van der Waals surface area contributed by atoms with Gasteiger partial charge in [-0.2, -0.15) is 0 Å². The second-order valence-corrected chi connectivity index (χ2v) is 8.27. The number of benzene rings is 2. The Hall–Kier alpha value is -2.62. The van der Waals surface area contributed by atoms with Gasteiger partial charge in [0.05, 0.1) is 28.3 Å². The van der Waals surface area contributed by atoms with Crippen LogP contribution in [0, 0.1) is 0 Å². The van der Waals surface area contributed by atoms with Crippen molar-refractivity contribution < 1.29 is 22.7 Å². The molecule has 0 bridgehead atoms. The zero-order valence-electron chi connectivity index (χ0n) is 15.4. The zero-order chi connectivity index (χ0) is 21.1. The van der Waals surface area contributed by atoms with Gasteiger partial charge in [-0.3, -0.25) is 9.59 Å². The van der Waals surface area contributed by atoms with E-state index in [4.69, 9.17) is 22.1 Å². The lowest BCUT2D eigenvalue weighted by molar-refractivity contribution is 0.0996. The normalized spacial score (nSPS) is 11.3. The van der Waals surface area contributed by atoms with Crippen molar-refractivity contribution in [1.82, 2.24) is 4.72 Å². The lowest BCUT2D eigenvalue weighted by atomic mass is 10.1. The van der Waals surface area contributed by atoms with Crippen molar-refractivity contribution in [1.29, 1.82) is 0 Å². The van der Waals surface area contributed by atoms with Gasteiger partial charge in [0, 0.05) is 11.6 Å². The molecule has 28 heavy (non-hydrogen) atoms. The first-order valence-corrected chi connectivity index (χ1v) is 10.0. The second kappa shape index (κ2) is 8.59. The molecule has 150 valence electrons. The van der Waals surface area contributed by atoms with Gasteiger partial charge in [0.2, 0.25) is 15.9 Å². The van der Waals surface area contributed by atoms with Crippen molar-refractivity contribution in [3.8, 4) is 5.75 Å². The molecule has 0 fully saturated rings. The number of primary amides is 1. The van der Waals surface area contributed by atoms with E-state index >= 15 is 0 Å². The Morgan fingerprint density at radius 2 is 1.82 bits per heavy atom. The van der Waals surface area contributed by atoms with Crippen LogP contribution in [0.25, 0.3) is 0 Å². The van der Waals surface area contributed by atoms with Crippen LogP contribution in [0.15, 0.2) is 41.3 Å². The van der Waals surface area contributed by atoms with Crippen molar-refractivity contribution in [3.63, 3.8) is 0 Å².